The molecule has 108 valence electrons. The average molecular weight is 285 g/mol. The lowest BCUT2D eigenvalue weighted by atomic mass is 10.1. The number of nitrogens with one attached hydrogen (secondary N) is 2. The zero-order valence-electron chi connectivity index (χ0n) is 11.5. The van der Waals surface area contributed by atoms with Crippen molar-refractivity contribution in [1.29, 1.82) is 0 Å². The number of hydrogen-bond donors (Lipinski definition) is 2. The highest BCUT2D eigenvalue weighted by molar-refractivity contribution is 5.95. The summed E-state index contributed by atoms with van der Waals surface area (Å²) in [5.74, 6) is 1.25. The van der Waals surface area contributed by atoms with Crippen molar-refractivity contribution >= 4 is 11.6 Å². The van der Waals surface area contributed by atoms with Gasteiger partial charge in [-0.2, -0.15) is 0 Å². The van der Waals surface area contributed by atoms with E-state index in [0.29, 0.717) is 31.2 Å². The second kappa shape index (κ2) is 6.26. The number of para-hydroxylation sites is 1. The van der Waals surface area contributed by atoms with E-state index in [0.717, 1.165) is 11.4 Å². The van der Waals surface area contributed by atoms with Crippen molar-refractivity contribution in [2.45, 2.75) is 6.54 Å². The first kappa shape index (κ1) is 13.4. The van der Waals surface area contributed by atoms with Gasteiger partial charge < -0.3 is 15.4 Å². The number of benzene rings is 2. The summed E-state index contributed by atoms with van der Waals surface area (Å²) in [6.45, 7) is 1.49. The molecule has 0 fully saturated rings. The van der Waals surface area contributed by atoms with Crippen LogP contribution in [-0.2, 0) is 6.54 Å². The molecule has 3 rings (SSSR count). The summed E-state index contributed by atoms with van der Waals surface area (Å²) in [5.41, 5.74) is 1.36. The molecular formula is C16H16FN3O. The van der Waals surface area contributed by atoms with Crippen LogP contribution in [0.5, 0.6) is 5.75 Å². The molecule has 2 aromatic carbocycles. The standard InChI is InChI=1S/C16H16FN3O/c17-14-7-4-8-15-13(14)11-19-16(20-15)18-9-10-21-12-5-2-1-3-6-12/h1-8H,9-11H2,(H2,18,19,20). The molecule has 0 saturated carbocycles. The van der Waals surface area contributed by atoms with Gasteiger partial charge in [-0.25, -0.2) is 9.38 Å². The minimum atomic E-state index is -0.227. The van der Waals surface area contributed by atoms with Gasteiger partial charge >= 0.3 is 0 Å². The smallest absolute Gasteiger partial charge is 0.196 e. The Labute approximate surface area is 122 Å². The lowest BCUT2D eigenvalue weighted by Gasteiger charge is -2.19. The van der Waals surface area contributed by atoms with E-state index in [4.69, 9.17) is 4.74 Å². The van der Waals surface area contributed by atoms with Gasteiger partial charge in [-0.1, -0.05) is 24.3 Å². The molecule has 0 aliphatic carbocycles. The minimum Gasteiger partial charge on any atom is -0.492 e. The number of halogens is 1. The molecular weight excluding hydrogens is 269 g/mol. The molecule has 21 heavy (non-hydrogen) atoms. The Morgan fingerprint density at radius 3 is 2.86 bits per heavy atom. The molecule has 2 aromatic rings. The van der Waals surface area contributed by atoms with Crippen LogP contribution in [0.25, 0.3) is 0 Å². The van der Waals surface area contributed by atoms with Crippen LogP contribution in [-0.4, -0.2) is 19.1 Å². The van der Waals surface area contributed by atoms with E-state index in [1.807, 2.05) is 36.4 Å². The van der Waals surface area contributed by atoms with Crippen molar-refractivity contribution < 1.29 is 9.13 Å². The van der Waals surface area contributed by atoms with E-state index in [1.165, 1.54) is 6.07 Å². The maximum atomic E-state index is 13.5. The predicted molar refractivity (Wildman–Crippen MR) is 81.1 cm³/mol. The van der Waals surface area contributed by atoms with E-state index >= 15 is 0 Å². The molecule has 1 aliphatic rings. The SMILES string of the molecule is Fc1cccc2c1CN=C(NCCOc1ccccc1)N2. The third kappa shape index (κ3) is 3.31. The molecule has 0 radical (unpaired) electrons. The molecule has 4 nitrogen and oxygen atoms in total. The third-order valence-corrected chi connectivity index (χ3v) is 3.17. The molecule has 0 atom stereocenters. The summed E-state index contributed by atoms with van der Waals surface area (Å²) in [6, 6.07) is 14.6. The number of ether oxygens (including phenoxy) is 1. The van der Waals surface area contributed by atoms with Crippen LogP contribution in [0.2, 0.25) is 0 Å². The van der Waals surface area contributed by atoms with Gasteiger partial charge in [-0.05, 0) is 24.3 Å². The Kier molecular flexibility index (Phi) is 4.00. The van der Waals surface area contributed by atoms with Crippen LogP contribution < -0.4 is 15.4 Å². The molecule has 2 N–H and O–H groups in total. The minimum absolute atomic E-state index is 0.227. The van der Waals surface area contributed by atoms with Gasteiger partial charge in [0, 0.05) is 11.3 Å². The maximum Gasteiger partial charge on any atom is 0.196 e. The van der Waals surface area contributed by atoms with E-state index in [1.54, 1.807) is 6.07 Å². The number of guanidine groups is 1. The predicted octanol–water partition coefficient (Wildman–Crippen LogP) is 2.78. The fraction of sp³-hybridized carbons (Fsp3) is 0.188. The van der Waals surface area contributed by atoms with Gasteiger partial charge in [0.1, 0.15) is 18.2 Å². The Morgan fingerprint density at radius 2 is 2.00 bits per heavy atom. The maximum absolute atomic E-state index is 13.5. The summed E-state index contributed by atoms with van der Waals surface area (Å²) in [7, 11) is 0. The summed E-state index contributed by atoms with van der Waals surface area (Å²) >= 11 is 0. The topological polar surface area (TPSA) is 45.7 Å². The Hall–Kier alpha value is -2.56. The zero-order valence-corrected chi connectivity index (χ0v) is 11.5. The third-order valence-electron chi connectivity index (χ3n) is 3.17. The lowest BCUT2D eigenvalue weighted by Crippen LogP contribution is -2.35. The van der Waals surface area contributed by atoms with Gasteiger partial charge in [-0.15, -0.1) is 0 Å². The molecule has 1 heterocycles. The second-order valence-corrected chi connectivity index (χ2v) is 4.64. The van der Waals surface area contributed by atoms with Gasteiger partial charge in [-0.3, -0.25) is 0 Å². The number of hydrogen-bond acceptors (Lipinski definition) is 4. The molecule has 0 spiro atoms. The van der Waals surface area contributed by atoms with E-state index in [9.17, 15) is 4.39 Å². The van der Waals surface area contributed by atoms with Crippen LogP contribution >= 0.6 is 0 Å². The summed E-state index contributed by atoms with van der Waals surface area (Å²) in [5, 5.41) is 6.22. The Balaban J connectivity index is 1.48. The number of aliphatic imine (C=N–C) groups is 1. The Morgan fingerprint density at radius 1 is 1.14 bits per heavy atom. The lowest BCUT2D eigenvalue weighted by molar-refractivity contribution is 0.322. The molecule has 0 bridgehead atoms. The number of fused-ring (bicyclic) bond motifs is 1. The van der Waals surface area contributed by atoms with Crippen molar-refractivity contribution in [2.24, 2.45) is 4.99 Å². The van der Waals surface area contributed by atoms with Crippen LogP contribution in [0, 0.1) is 5.82 Å². The fourth-order valence-electron chi connectivity index (χ4n) is 2.12. The van der Waals surface area contributed by atoms with Gasteiger partial charge in [0.05, 0.1) is 13.1 Å². The van der Waals surface area contributed by atoms with Crippen molar-refractivity contribution in [3.63, 3.8) is 0 Å². The largest absolute Gasteiger partial charge is 0.492 e. The van der Waals surface area contributed by atoms with Gasteiger partial charge in [0.25, 0.3) is 0 Å². The zero-order chi connectivity index (χ0) is 14.5. The summed E-state index contributed by atoms with van der Waals surface area (Å²) in [6.07, 6.45) is 0. The number of rotatable bonds is 4. The monoisotopic (exact) mass is 285 g/mol. The van der Waals surface area contributed by atoms with Crippen LogP contribution in [0.1, 0.15) is 5.56 Å². The molecule has 0 saturated heterocycles. The summed E-state index contributed by atoms with van der Waals surface area (Å²) in [4.78, 5) is 4.28. The molecule has 1 aliphatic heterocycles. The number of anilines is 1. The highest BCUT2D eigenvalue weighted by atomic mass is 19.1. The van der Waals surface area contributed by atoms with Crippen LogP contribution in [0.4, 0.5) is 10.1 Å². The number of nitrogens with zero attached hydrogens (tertiary/aromatic N) is 1. The van der Waals surface area contributed by atoms with Gasteiger partial charge in [0.15, 0.2) is 5.96 Å². The highest BCUT2D eigenvalue weighted by Gasteiger charge is 2.14. The molecule has 0 aromatic heterocycles. The molecule has 0 unspecified atom stereocenters. The van der Waals surface area contributed by atoms with E-state index in [2.05, 4.69) is 15.6 Å². The first-order chi connectivity index (χ1) is 10.3. The van der Waals surface area contributed by atoms with Crippen LogP contribution in [0.3, 0.4) is 0 Å². The van der Waals surface area contributed by atoms with Crippen molar-refractivity contribution in [1.82, 2.24) is 5.32 Å². The van der Waals surface area contributed by atoms with Gasteiger partial charge in [0.2, 0.25) is 0 Å². The van der Waals surface area contributed by atoms with E-state index in [-0.39, 0.29) is 5.82 Å². The fourth-order valence-corrected chi connectivity index (χ4v) is 2.12. The normalized spacial score (nSPS) is 12.9. The highest BCUT2D eigenvalue weighted by Crippen LogP contribution is 2.22. The van der Waals surface area contributed by atoms with Crippen molar-refractivity contribution in [3.05, 3.63) is 59.9 Å². The first-order valence-corrected chi connectivity index (χ1v) is 6.83. The van der Waals surface area contributed by atoms with E-state index < -0.39 is 0 Å². The summed E-state index contributed by atoms with van der Waals surface area (Å²) < 4.78 is 19.1. The first-order valence-electron chi connectivity index (χ1n) is 6.83. The van der Waals surface area contributed by atoms with Crippen molar-refractivity contribution in [2.75, 3.05) is 18.5 Å². The Bertz CT molecular complexity index is 643. The van der Waals surface area contributed by atoms with Crippen LogP contribution in [0.15, 0.2) is 53.5 Å². The second-order valence-electron chi connectivity index (χ2n) is 4.64. The molecule has 0 amide bonds. The van der Waals surface area contributed by atoms with Crippen molar-refractivity contribution in [3.8, 4) is 5.75 Å². The molecule has 5 heteroatoms. The quantitative estimate of drug-likeness (QED) is 0.849. The average Bonchev–Trinajstić information content (AvgIpc) is 2.53.